The Morgan fingerprint density at radius 1 is 0.333 bits per heavy atom. The molecule has 0 radical (unpaired) electrons. The van der Waals surface area contributed by atoms with Crippen molar-refractivity contribution in [2.24, 2.45) is 0 Å². The molecule has 2 unspecified atom stereocenters. The van der Waals surface area contributed by atoms with Crippen molar-refractivity contribution in [3.8, 4) is 11.5 Å². The van der Waals surface area contributed by atoms with Gasteiger partial charge in [-0.3, -0.25) is 0 Å². The smallest absolute Gasteiger partial charge is 0.120 e. The summed E-state index contributed by atoms with van der Waals surface area (Å²) < 4.78 is 11.5. The number of hydrogen-bond acceptors (Lipinski definition) is 4. The third-order valence-electron chi connectivity index (χ3n) is 13.9. The summed E-state index contributed by atoms with van der Waals surface area (Å²) in [6, 6.07) is 100. The molecule has 10 aromatic rings. The molecular formula is C68H54N2O2. The lowest BCUT2D eigenvalue weighted by Crippen LogP contribution is -2.39. The van der Waals surface area contributed by atoms with Crippen LogP contribution in [0.3, 0.4) is 0 Å². The Kier molecular flexibility index (Phi) is 12.9. The van der Waals surface area contributed by atoms with Crippen LogP contribution in [-0.2, 0) is 5.41 Å². The summed E-state index contributed by atoms with van der Waals surface area (Å²) >= 11 is 0. The minimum absolute atomic E-state index is 0.162. The predicted octanol–water partition coefficient (Wildman–Crippen LogP) is 17.4. The molecule has 11 rings (SSSR count). The monoisotopic (exact) mass is 930 g/mol. The van der Waals surface area contributed by atoms with Gasteiger partial charge in [0, 0.05) is 52.2 Å². The number of allylic oxidation sites excluding steroid dienone is 4. The normalized spacial score (nSPS) is 15.3. The molecule has 0 heterocycles. The van der Waals surface area contributed by atoms with Gasteiger partial charge in [0.15, 0.2) is 0 Å². The lowest BCUT2D eigenvalue weighted by Gasteiger charge is -2.48. The molecule has 72 heavy (non-hydrogen) atoms. The minimum Gasteiger partial charge on any atom is -0.497 e. The molecule has 1 aliphatic carbocycles. The lowest BCUT2D eigenvalue weighted by molar-refractivity contribution is 0.415. The van der Waals surface area contributed by atoms with Crippen LogP contribution in [0.5, 0.6) is 11.5 Å². The van der Waals surface area contributed by atoms with Gasteiger partial charge in [0.05, 0.1) is 19.6 Å². The molecule has 0 spiro atoms. The third-order valence-corrected chi connectivity index (χ3v) is 13.9. The lowest BCUT2D eigenvalue weighted by atomic mass is 9.54. The van der Waals surface area contributed by atoms with Gasteiger partial charge in [-0.05, 0) is 123 Å². The maximum absolute atomic E-state index is 5.75. The first kappa shape index (κ1) is 45.3. The Labute approximate surface area is 423 Å². The van der Waals surface area contributed by atoms with Crippen molar-refractivity contribution in [2.75, 3.05) is 24.0 Å². The highest BCUT2D eigenvalue weighted by atomic mass is 16.5. The van der Waals surface area contributed by atoms with Gasteiger partial charge < -0.3 is 19.3 Å². The van der Waals surface area contributed by atoms with Crippen LogP contribution in [0.1, 0.15) is 39.3 Å². The van der Waals surface area contributed by atoms with Crippen molar-refractivity contribution >= 4 is 50.8 Å². The maximum Gasteiger partial charge on any atom is 0.120 e. The van der Waals surface area contributed by atoms with Gasteiger partial charge in [-0.15, -0.1) is 0 Å². The predicted molar refractivity (Wildman–Crippen MR) is 299 cm³/mol. The third kappa shape index (κ3) is 8.65. The van der Waals surface area contributed by atoms with Gasteiger partial charge in [0.25, 0.3) is 0 Å². The van der Waals surface area contributed by atoms with Crippen LogP contribution < -0.4 is 19.3 Å². The van der Waals surface area contributed by atoms with Crippen LogP contribution in [0.2, 0.25) is 0 Å². The zero-order valence-electron chi connectivity index (χ0n) is 40.4. The van der Waals surface area contributed by atoms with Crippen LogP contribution in [0.15, 0.2) is 285 Å². The number of para-hydroxylation sites is 2. The van der Waals surface area contributed by atoms with Crippen LogP contribution >= 0.6 is 0 Å². The van der Waals surface area contributed by atoms with Crippen LogP contribution in [0.25, 0.3) is 16.7 Å². The summed E-state index contributed by atoms with van der Waals surface area (Å²) in [5.74, 6) is 1.44. The first-order valence-electron chi connectivity index (χ1n) is 24.5. The van der Waals surface area contributed by atoms with Gasteiger partial charge >= 0.3 is 0 Å². The molecule has 2 atom stereocenters. The van der Waals surface area contributed by atoms with E-state index in [1.165, 1.54) is 33.4 Å². The van der Waals surface area contributed by atoms with Crippen LogP contribution in [0, 0.1) is 0 Å². The van der Waals surface area contributed by atoms with Crippen LogP contribution in [0.4, 0.5) is 34.1 Å². The van der Waals surface area contributed by atoms with Crippen LogP contribution in [-0.4, -0.2) is 14.2 Å². The molecule has 348 valence electrons. The number of anilines is 6. The summed E-state index contributed by atoms with van der Waals surface area (Å²) in [6.07, 6.45) is 2.56. The molecule has 0 bridgehead atoms. The van der Waals surface area contributed by atoms with Gasteiger partial charge in [-0.1, -0.05) is 200 Å². The van der Waals surface area contributed by atoms with E-state index in [1.54, 1.807) is 14.2 Å². The molecule has 0 aliphatic heterocycles. The highest BCUT2D eigenvalue weighted by Crippen LogP contribution is 2.62. The second-order valence-corrected chi connectivity index (χ2v) is 18.0. The van der Waals surface area contributed by atoms with Gasteiger partial charge in [0.2, 0.25) is 0 Å². The van der Waals surface area contributed by atoms with Crippen molar-refractivity contribution in [1.82, 2.24) is 0 Å². The first-order valence-corrected chi connectivity index (χ1v) is 24.5. The molecule has 0 amide bonds. The summed E-state index contributed by atoms with van der Waals surface area (Å²) in [4.78, 5) is 4.59. The van der Waals surface area contributed by atoms with E-state index in [1.807, 2.05) is 18.2 Å². The van der Waals surface area contributed by atoms with E-state index in [2.05, 4.69) is 277 Å². The Balaban J connectivity index is 1.18. The topological polar surface area (TPSA) is 24.9 Å². The van der Waals surface area contributed by atoms with E-state index in [0.29, 0.717) is 0 Å². The van der Waals surface area contributed by atoms with Gasteiger partial charge in [-0.2, -0.15) is 0 Å². The van der Waals surface area contributed by atoms with Crippen molar-refractivity contribution in [3.63, 3.8) is 0 Å². The highest BCUT2D eigenvalue weighted by Gasteiger charge is 2.50. The summed E-state index contributed by atoms with van der Waals surface area (Å²) in [5.41, 5.74) is 16.1. The molecule has 0 fully saturated rings. The quantitative estimate of drug-likeness (QED) is 0.108. The largest absolute Gasteiger partial charge is 0.497 e. The van der Waals surface area contributed by atoms with Gasteiger partial charge in [-0.25, -0.2) is 0 Å². The molecule has 4 nitrogen and oxygen atoms in total. The standard InChI is InChI=1S/C68H54N2O2/c1-71-62-37-21-35-60(47-62)69(56-31-17-7-18-32-56)58-43-39-50(40-44-58)64-49-65(51-23-9-3-10-24-51)68(54-29-15-6-16-30-54,67(53-27-13-5-14-28-53)66(64)52-25-11-4-12-26-52)55-41-45-59(46-42-55)70(57-33-19-8-20-34-57)61-36-22-38-63(48-61)72-2/h3-49,65H,1-2H3. The van der Waals surface area contributed by atoms with E-state index < -0.39 is 5.41 Å². The Bertz CT molecular complexity index is 3450. The SMILES string of the molecule is COc1cccc(N(c2ccccc2)c2ccc(C3=CC(c4ccccc4)C(c4ccccc4)(c4ccc(N(c5ccccc5)c5cccc(OC)c5)cc4)C(c4ccccc4)=C3c3ccccc3)cc2)c1. The average molecular weight is 931 g/mol. The molecule has 0 saturated heterocycles. The van der Waals surface area contributed by atoms with Crippen molar-refractivity contribution in [3.05, 3.63) is 319 Å². The number of nitrogens with zero attached hydrogens (tertiary/aromatic N) is 2. The molecule has 1 aliphatic rings. The van der Waals surface area contributed by atoms with E-state index in [4.69, 9.17) is 9.47 Å². The number of benzene rings is 10. The van der Waals surface area contributed by atoms with E-state index in [0.717, 1.165) is 62.3 Å². The summed E-state index contributed by atoms with van der Waals surface area (Å²) in [7, 11) is 3.44. The van der Waals surface area contributed by atoms with E-state index in [9.17, 15) is 0 Å². The number of ether oxygens (including phenoxy) is 2. The average Bonchev–Trinajstić information content (AvgIpc) is 3.47. The highest BCUT2D eigenvalue weighted by molar-refractivity contribution is 6.19. The first-order chi connectivity index (χ1) is 35.6. The second kappa shape index (κ2) is 20.5. The fraction of sp³-hybridized carbons (Fsp3) is 0.0588. The second-order valence-electron chi connectivity index (χ2n) is 18.0. The molecule has 10 aromatic carbocycles. The molecule has 0 saturated carbocycles. The Hall–Kier alpha value is -9.12. The number of methoxy groups -OCH3 is 2. The summed E-state index contributed by atoms with van der Waals surface area (Å²) in [6.45, 7) is 0. The number of rotatable bonds is 14. The van der Waals surface area contributed by atoms with E-state index in [-0.39, 0.29) is 5.92 Å². The fourth-order valence-corrected chi connectivity index (χ4v) is 10.7. The van der Waals surface area contributed by atoms with Crippen molar-refractivity contribution < 1.29 is 9.47 Å². The van der Waals surface area contributed by atoms with E-state index >= 15 is 0 Å². The zero-order valence-corrected chi connectivity index (χ0v) is 40.4. The fourth-order valence-electron chi connectivity index (χ4n) is 10.7. The van der Waals surface area contributed by atoms with Crippen molar-refractivity contribution in [2.45, 2.75) is 11.3 Å². The summed E-state index contributed by atoms with van der Waals surface area (Å²) in [5, 5.41) is 0. The number of hydrogen-bond donors (Lipinski definition) is 0. The Morgan fingerprint density at radius 2 is 0.722 bits per heavy atom. The molecule has 4 heteroatoms. The molecule has 0 N–H and O–H groups in total. The minimum atomic E-state index is -0.735. The molecular weight excluding hydrogens is 877 g/mol. The Morgan fingerprint density at radius 3 is 1.21 bits per heavy atom. The molecule has 0 aromatic heterocycles. The van der Waals surface area contributed by atoms with Crippen molar-refractivity contribution in [1.29, 1.82) is 0 Å². The maximum atomic E-state index is 5.75. The van der Waals surface area contributed by atoms with Gasteiger partial charge in [0.1, 0.15) is 11.5 Å². The zero-order chi connectivity index (χ0) is 48.7.